The quantitative estimate of drug-likeness (QED) is 0.695. The molecule has 0 spiro atoms. The molecule has 4 amide bonds. The molecule has 0 heterocycles. The lowest BCUT2D eigenvalue weighted by Crippen LogP contribution is -2.47. The van der Waals surface area contributed by atoms with Gasteiger partial charge in [-0.05, 0) is 33.4 Å². The Labute approximate surface area is 142 Å². The van der Waals surface area contributed by atoms with Crippen LogP contribution in [0.5, 0.6) is 0 Å². The largest absolute Gasteiger partial charge is 0.353 e. The van der Waals surface area contributed by atoms with Gasteiger partial charge in [0.15, 0.2) is 0 Å². The van der Waals surface area contributed by atoms with Crippen LogP contribution in [0.2, 0.25) is 0 Å². The smallest absolute Gasteiger partial charge is 0.321 e. The number of amides is 4. The van der Waals surface area contributed by atoms with Crippen molar-refractivity contribution in [3.63, 3.8) is 0 Å². The first-order valence-electron chi connectivity index (χ1n) is 7.98. The van der Waals surface area contributed by atoms with Crippen molar-refractivity contribution in [2.75, 3.05) is 20.1 Å². The van der Waals surface area contributed by atoms with E-state index < -0.39 is 18.0 Å². The third-order valence-electron chi connectivity index (χ3n) is 3.22. The van der Waals surface area contributed by atoms with Crippen LogP contribution in [0.4, 0.5) is 4.79 Å². The summed E-state index contributed by atoms with van der Waals surface area (Å²) in [6.07, 6.45) is 0. The van der Waals surface area contributed by atoms with Crippen molar-refractivity contribution in [2.24, 2.45) is 0 Å². The van der Waals surface area contributed by atoms with Gasteiger partial charge in [0.05, 0.1) is 6.54 Å². The van der Waals surface area contributed by atoms with E-state index in [9.17, 15) is 14.4 Å². The Balaban J connectivity index is 2.91. The van der Waals surface area contributed by atoms with Gasteiger partial charge >= 0.3 is 6.03 Å². The second-order valence-electron chi connectivity index (χ2n) is 5.80. The zero-order valence-corrected chi connectivity index (χ0v) is 14.6. The minimum atomic E-state index is -0.744. The number of benzene rings is 1. The third kappa shape index (κ3) is 6.37. The Morgan fingerprint density at radius 3 is 2.29 bits per heavy atom. The summed E-state index contributed by atoms with van der Waals surface area (Å²) in [7, 11) is 1.68. The Morgan fingerprint density at radius 1 is 1.12 bits per heavy atom. The monoisotopic (exact) mass is 334 g/mol. The molecule has 0 saturated heterocycles. The number of imide groups is 1. The summed E-state index contributed by atoms with van der Waals surface area (Å²) in [6.45, 7) is 5.96. The molecule has 0 aliphatic carbocycles. The highest BCUT2D eigenvalue weighted by Gasteiger charge is 2.27. The standard InChI is InChI=1S/C17H26N4O3/c1-5-18-17(24)20-16(23)15(13-9-7-6-8-10-13)21(4)11-14(22)19-12(2)3/h6-10,12,15H,5,11H2,1-4H3,(H,19,22)(H2,18,20,23,24)/t15-/m1/s1. The van der Waals surface area contributed by atoms with Crippen molar-refractivity contribution in [1.82, 2.24) is 20.9 Å². The summed E-state index contributed by atoms with van der Waals surface area (Å²) >= 11 is 0. The first-order chi connectivity index (χ1) is 11.3. The van der Waals surface area contributed by atoms with Gasteiger partial charge in [-0.15, -0.1) is 0 Å². The van der Waals surface area contributed by atoms with Crippen LogP contribution in [0.25, 0.3) is 0 Å². The first-order valence-corrected chi connectivity index (χ1v) is 7.98. The second kappa shape index (κ2) is 9.67. The number of hydrogen-bond acceptors (Lipinski definition) is 4. The van der Waals surface area contributed by atoms with E-state index in [1.807, 2.05) is 32.0 Å². The van der Waals surface area contributed by atoms with Crippen LogP contribution in [-0.2, 0) is 9.59 Å². The van der Waals surface area contributed by atoms with Gasteiger partial charge in [-0.3, -0.25) is 19.8 Å². The van der Waals surface area contributed by atoms with E-state index in [-0.39, 0.29) is 18.5 Å². The van der Waals surface area contributed by atoms with Crippen molar-refractivity contribution in [1.29, 1.82) is 0 Å². The zero-order valence-electron chi connectivity index (χ0n) is 14.6. The van der Waals surface area contributed by atoms with Crippen LogP contribution in [0.15, 0.2) is 30.3 Å². The topological polar surface area (TPSA) is 90.5 Å². The minimum Gasteiger partial charge on any atom is -0.353 e. The van der Waals surface area contributed by atoms with E-state index in [4.69, 9.17) is 0 Å². The van der Waals surface area contributed by atoms with Crippen LogP contribution in [0, 0.1) is 0 Å². The van der Waals surface area contributed by atoms with Gasteiger partial charge in [0.1, 0.15) is 6.04 Å². The Hall–Kier alpha value is -2.41. The molecule has 7 nitrogen and oxygen atoms in total. The Kier molecular flexibility index (Phi) is 7.91. The lowest BCUT2D eigenvalue weighted by molar-refractivity contribution is -0.127. The summed E-state index contributed by atoms with van der Waals surface area (Å²) < 4.78 is 0. The van der Waals surface area contributed by atoms with E-state index >= 15 is 0 Å². The van der Waals surface area contributed by atoms with Crippen molar-refractivity contribution in [2.45, 2.75) is 32.9 Å². The van der Waals surface area contributed by atoms with E-state index in [1.165, 1.54) is 0 Å². The molecule has 1 rings (SSSR count). The van der Waals surface area contributed by atoms with Crippen LogP contribution in [-0.4, -0.2) is 48.9 Å². The molecule has 132 valence electrons. The maximum Gasteiger partial charge on any atom is 0.321 e. The molecule has 0 unspecified atom stereocenters. The molecule has 1 aromatic rings. The highest BCUT2D eigenvalue weighted by molar-refractivity contribution is 5.97. The summed E-state index contributed by atoms with van der Waals surface area (Å²) in [5.41, 5.74) is 0.708. The van der Waals surface area contributed by atoms with Crippen molar-refractivity contribution in [3.05, 3.63) is 35.9 Å². The SMILES string of the molecule is CCNC(=O)NC(=O)[C@@H](c1ccccc1)N(C)CC(=O)NC(C)C. The maximum atomic E-state index is 12.5. The Morgan fingerprint density at radius 2 is 1.75 bits per heavy atom. The van der Waals surface area contributed by atoms with Crippen LogP contribution in [0.1, 0.15) is 32.4 Å². The molecule has 0 aliphatic heterocycles. The van der Waals surface area contributed by atoms with Gasteiger partial charge < -0.3 is 10.6 Å². The van der Waals surface area contributed by atoms with Crippen molar-refractivity contribution < 1.29 is 14.4 Å². The normalized spacial score (nSPS) is 11.9. The number of nitrogens with one attached hydrogen (secondary N) is 3. The number of urea groups is 1. The molecule has 7 heteroatoms. The molecule has 0 bridgehead atoms. The van der Waals surface area contributed by atoms with E-state index in [0.717, 1.165) is 0 Å². The van der Waals surface area contributed by atoms with Crippen molar-refractivity contribution >= 4 is 17.8 Å². The third-order valence-corrected chi connectivity index (χ3v) is 3.22. The summed E-state index contributed by atoms with van der Waals surface area (Å²) in [5.74, 6) is -0.661. The number of nitrogens with zero attached hydrogens (tertiary/aromatic N) is 1. The average Bonchev–Trinajstić information content (AvgIpc) is 2.47. The van der Waals surface area contributed by atoms with E-state index in [2.05, 4.69) is 16.0 Å². The van der Waals surface area contributed by atoms with Crippen LogP contribution < -0.4 is 16.0 Å². The summed E-state index contributed by atoms with van der Waals surface area (Å²) in [4.78, 5) is 37.8. The number of rotatable bonds is 7. The van der Waals surface area contributed by atoms with Gasteiger partial charge in [0, 0.05) is 12.6 Å². The van der Waals surface area contributed by atoms with Gasteiger partial charge in [-0.25, -0.2) is 4.79 Å². The fraction of sp³-hybridized carbons (Fsp3) is 0.471. The molecular formula is C17H26N4O3. The fourth-order valence-corrected chi connectivity index (χ4v) is 2.31. The predicted octanol–water partition coefficient (Wildman–Crippen LogP) is 1.03. The molecule has 0 saturated carbocycles. The molecule has 0 aromatic heterocycles. The predicted molar refractivity (Wildman–Crippen MR) is 92.3 cm³/mol. The molecule has 3 N–H and O–H groups in total. The van der Waals surface area contributed by atoms with Gasteiger partial charge in [0.2, 0.25) is 11.8 Å². The fourth-order valence-electron chi connectivity index (χ4n) is 2.31. The van der Waals surface area contributed by atoms with Crippen LogP contribution in [0.3, 0.4) is 0 Å². The molecule has 0 radical (unpaired) electrons. The molecule has 0 aliphatic rings. The highest BCUT2D eigenvalue weighted by atomic mass is 16.2. The van der Waals surface area contributed by atoms with Crippen LogP contribution >= 0.6 is 0 Å². The molecule has 1 atom stereocenters. The summed E-state index contributed by atoms with van der Waals surface area (Å²) in [6, 6.07) is 7.76. The molecule has 0 fully saturated rings. The zero-order chi connectivity index (χ0) is 18.1. The number of hydrogen-bond donors (Lipinski definition) is 3. The number of carbonyl (C=O) groups excluding carboxylic acids is 3. The second-order valence-corrected chi connectivity index (χ2v) is 5.80. The van der Waals surface area contributed by atoms with E-state index in [1.54, 1.807) is 31.0 Å². The van der Waals surface area contributed by atoms with Gasteiger partial charge in [-0.2, -0.15) is 0 Å². The molecule has 24 heavy (non-hydrogen) atoms. The summed E-state index contributed by atoms with van der Waals surface area (Å²) in [5, 5.41) is 7.62. The first kappa shape index (κ1) is 19.6. The van der Waals surface area contributed by atoms with Gasteiger partial charge in [0.25, 0.3) is 0 Å². The lowest BCUT2D eigenvalue weighted by Gasteiger charge is -2.27. The highest BCUT2D eigenvalue weighted by Crippen LogP contribution is 2.19. The van der Waals surface area contributed by atoms with E-state index in [0.29, 0.717) is 12.1 Å². The minimum absolute atomic E-state index is 0.0187. The molecular weight excluding hydrogens is 308 g/mol. The number of likely N-dealkylation sites (N-methyl/N-ethyl adjacent to an activating group) is 1. The average molecular weight is 334 g/mol. The van der Waals surface area contributed by atoms with Gasteiger partial charge in [-0.1, -0.05) is 30.3 Å². The maximum absolute atomic E-state index is 12.5. The molecule has 1 aromatic carbocycles. The number of carbonyl (C=O) groups is 3. The lowest BCUT2D eigenvalue weighted by atomic mass is 10.0. The van der Waals surface area contributed by atoms with Crippen molar-refractivity contribution in [3.8, 4) is 0 Å². The Bertz CT molecular complexity index is 560.